The maximum atomic E-state index is 7.23. The third-order valence-corrected chi connectivity index (χ3v) is 9.96. The largest absolute Gasteiger partial charge is 0.352 e. The SMILES string of the molecule is Clc1ccc(C2(c3ccc(Cl)cc3Cl)NC(c3ccccc3)=C(c3ccccc3)N2c2nc(-c3ccccc3)c(-c3ccccc3)[nH]2)c(Cl)c1. The van der Waals surface area contributed by atoms with Gasteiger partial charge in [-0.3, -0.25) is 4.90 Å². The Morgan fingerprint density at radius 3 is 1.46 bits per heavy atom. The van der Waals surface area contributed by atoms with Gasteiger partial charge in [0.2, 0.25) is 5.95 Å². The number of benzene rings is 6. The second kappa shape index (κ2) is 13.4. The molecule has 4 nitrogen and oxygen atoms in total. The highest BCUT2D eigenvalue weighted by Crippen LogP contribution is 2.53. The zero-order valence-corrected chi connectivity index (χ0v) is 29.4. The number of hydrogen-bond acceptors (Lipinski definition) is 3. The lowest BCUT2D eigenvalue weighted by Gasteiger charge is -2.42. The van der Waals surface area contributed by atoms with Crippen LogP contribution in [0.4, 0.5) is 5.95 Å². The Kier molecular flexibility index (Phi) is 8.64. The van der Waals surface area contributed by atoms with E-state index in [9.17, 15) is 0 Å². The molecule has 0 fully saturated rings. The summed E-state index contributed by atoms with van der Waals surface area (Å²) in [5.74, 6) is 0.567. The van der Waals surface area contributed by atoms with Crippen LogP contribution in [0.25, 0.3) is 33.9 Å². The molecule has 8 rings (SSSR count). The standard InChI is InChI=1S/C42H28Cl4N4/c43-31-21-23-33(35(45)25-31)42(34-24-22-32(44)26-36(34)46)49-39(29-17-9-3-10-18-29)40(30-19-11-4-12-20-30)50(42)41-47-37(27-13-5-1-6-14-27)38(48-41)28-15-7-2-8-16-28/h1-26,49H,(H,47,48). The third-order valence-electron chi connectivity index (χ3n) is 8.87. The molecule has 0 aliphatic carbocycles. The van der Waals surface area contributed by atoms with Crippen LogP contribution in [0.1, 0.15) is 22.3 Å². The number of nitrogens with zero attached hydrogens (tertiary/aromatic N) is 2. The number of H-pyrrole nitrogens is 1. The van der Waals surface area contributed by atoms with E-state index in [-0.39, 0.29) is 0 Å². The van der Waals surface area contributed by atoms with E-state index < -0.39 is 5.66 Å². The Bertz CT molecular complexity index is 2230. The summed E-state index contributed by atoms with van der Waals surface area (Å²) in [6.45, 7) is 0. The van der Waals surface area contributed by atoms with Crippen molar-refractivity contribution in [3.8, 4) is 22.5 Å². The quantitative estimate of drug-likeness (QED) is 0.172. The summed E-state index contributed by atoms with van der Waals surface area (Å²) in [5.41, 5.74) is 7.43. The molecule has 2 heterocycles. The first-order valence-corrected chi connectivity index (χ1v) is 17.5. The van der Waals surface area contributed by atoms with Crippen molar-refractivity contribution in [2.75, 3.05) is 4.90 Å². The molecule has 6 aromatic carbocycles. The Balaban J connectivity index is 1.53. The van der Waals surface area contributed by atoms with Crippen molar-refractivity contribution in [3.63, 3.8) is 0 Å². The first-order valence-electron chi connectivity index (χ1n) is 16.0. The van der Waals surface area contributed by atoms with Crippen LogP contribution in [0.2, 0.25) is 20.1 Å². The van der Waals surface area contributed by atoms with Crippen molar-refractivity contribution in [3.05, 3.63) is 200 Å². The smallest absolute Gasteiger partial charge is 0.211 e. The van der Waals surface area contributed by atoms with E-state index in [1.54, 1.807) is 12.1 Å². The van der Waals surface area contributed by atoms with Gasteiger partial charge in [-0.05, 0) is 29.8 Å². The van der Waals surface area contributed by atoms with Crippen LogP contribution in [0.5, 0.6) is 0 Å². The molecule has 1 aliphatic rings. The van der Waals surface area contributed by atoms with E-state index in [0.29, 0.717) is 37.2 Å². The lowest BCUT2D eigenvalue weighted by Crippen LogP contribution is -2.51. The van der Waals surface area contributed by atoms with E-state index in [2.05, 4.69) is 63.7 Å². The molecule has 0 unspecified atom stereocenters. The van der Waals surface area contributed by atoms with Crippen molar-refractivity contribution in [1.82, 2.24) is 15.3 Å². The fraction of sp³-hybridized carbons (Fsp3) is 0.0238. The average Bonchev–Trinajstić information content (AvgIpc) is 3.74. The zero-order valence-electron chi connectivity index (χ0n) is 26.4. The fourth-order valence-corrected chi connectivity index (χ4v) is 7.79. The molecule has 0 bridgehead atoms. The number of anilines is 1. The molecule has 0 saturated carbocycles. The Morgan fingerprint density at radius 1 is 0.500 bits per heavy atom. The summed E-state index contributed by atoms with van der Waals surface area (Å²) in [5, 5.41) is 5.88. The van der Waals surface area contributed by atoms with E-state index in [4.69, 9.17) is 51.4 Å². The van der Waals surface area contributed by atoms with Gasteiger partial charge in [0.25, 0.3) is 0 Å². The molecule has 0 amide bonds. The minimum Gasteiger partial charge on any atom is -0.352 e. The van der Waals surface area contributed by atoms with Crippen LogP contribution < -0.4 is 10.2 Å². The van der Waals surface area contributed by atoms with E-state index in [1.807, 2.05) is 97.1 Å². The van der Waals surface area contributed by atoms with Crippen molar-refractivity contribution >= 4 is 63.7 Å². The lowest BCUT2D eigenvalue weighted by molar-refractivity contribution is 0.496. The maximum Gasteiger partial charge on any atom is 0.211 e. The second-order valence-electron chi connectivity index (χ2n) is 11.9. The average molecular weight is 731 g/mol. The summed E-state index contributed by atoms with van der Waals surface area (Å²) in [6.07, 6.45) is 0. The molecule has 0 spiro atoms. The van der Waals surface area contributed by atoms with Crippen LogP contribution in [0, 0.1) is 0 Å². The Labute approximate surface area is 310 Å². The highest BCUT2D eigenvalue weighted by atomic mass is 35.5. The molecule has 244 valence electrons. The van der Waals surface area contributed by atoms with Gasteiger partial charge in [0, 0.05) is 47.9 Å². The molecule has 2 N–H and O–H groups in total. The van der Waals surface area contributed by atoms with Crippen molar-refractivity contribution in [1.29, 1.82) is 0 Å². The van der Waals surface area contributed by atoms with Gasteiger partial charge in [0.1, 0.15) is 0 Å². The van der Waals surface area contributed by atoms with E-state index in [1.165, 1.54) is 0 Å². The van der Waals surface area contributed by atoms with Gasteiger partial charge in [-0.2, -0.15) is 0 Å². The van der Waals surface area contributed by atoms with Crippen molar-refractivity contribution in [2.24, 2.45) is 0 Å². The zero-order chi connectivity index (χ0) is 34.2. The van der Waals surface area contributed by atoms with Gasteiger partial charge in [-0.15, -0.1) is 0 Å². The number of hydrogen-bond donors (Lipinski definition) is 2. The monoisotopic (exact) mass is 728 g/mol. The molecule has 1 aliphatic heterocycles. The second-order valence-corrected chi connectivity index (χ2v) is 13.6. The Hall–Kier alpha value is -4.97. The van der Waals surface area contributed by atoms with Crippen LogP contribution in [-0.4, -0.2) is 9.97 Å². The Morgan fingerprint density at radius 2 is 0.960 bits per heavy atom. The number of halogens is 4. The molecule has 0 saturated heterocycles. The minimum atomic E-state index is -1.25. The number of aromatic amines is 1. The minimum absolute atomic E-state index is 0.445. The van der Waals surface area contributed by atoms with Gasteiger partial charge in [0.15, 0.2) is 5.66 Å². The number of rotatable bonds is 7. The highest BCUT2D eigenvalue weighted by molar-refractivity contribution is 6.36. The van der Waals surface area contributed by atoms with Crippen LogP contribution in [-0.2, 0) is 5.66 Å². The van der Waals surface area contributed by atoms with Crippen LogP contribution in [0.3, 0.4) is 0 Å². The molecule has 0 atom stereocenters. The summed E-state index contributed by atoms with van der Waals surface area (Å²) >= 11 is 27.5. The fourth-order valence-electron chi connectivity index (χ4n) is 6.70. The number of aromatic nitrogens is 2. The topological polar surface area (TPSA) is 44.0 Å². The molecule has 7 aromatic rings. The molecule has 50 heavy (non-hydrogen) atoms. The first kappa shape index (κ1) is 32.2. The summed E-state index contributed by atoms with van der Waals surface area (Å²) in [7, 11) is 0. The van der Waals surface area contributed by atoms with Crippen LogP contribution >= 0.6 is 46.4 Å². The van der Waals surface area contributed by atoms with E-state index in [0.717, 1.165) is 45.0 Å². The molecule has 0 radical (unpaired) electrons. The van der Waals surface area contributed by atoms with Crippen molar-refractivity contribution in [2.45, 2.75) is 5.66 Å². The maximum absolute atomic E-state index is 7.23. The third kappa shape index (κ3) is 5.65. The molecular formula is C42H28Cl4N4. The normalized spacial score (nSPS) is 13.8. The van der Waals surface area contributed by atoms with Gasteiger partial charge in [-0.1, -0.05) is 180 Å². The summed E-state index contributed by atoms with van der Waals surface area (Å²) < 4.78 is 0. The molecule has 8 heteroatoms. The van der Waals surface area contributed by atoms with Crippen LogP contribution in [0.15, 0.2) is 158 Å². The van der Waals surface area contributed by atoms with Crippen molar-refractivity contribution < 1.29 is 0 Å². The predicted molar refractivity (Wildman–Crippen MR) is 208 cm³/mol. The first-order chi connectivity index (χ1) is 24.4. The number of imidazole rings is 1. The van der Waals surface area contributed by atoms with Gasteiger partial charge in [0.05, 0.1) is 22.8 Å². The predicted octanol–water partition coefficient (Wildman–Crippen LogP) is 12.2. The van der Waals surface area contributed by atoms with Gasteiger partial charge >= 0.3 is 0 Å². The number of nitrogens with one attached hydrogen (secondary N) is 2. The lowest BCUT2D eigenvalue weighted by atomic mass is 9.89. The summed E-state index contributed by atoms with van der Waals surface area (Å²) in [4.78, 5) is 11.4. The van der Waals surface area contributed by atoms with Gasteiger partial charge < -0.3 is 10.3 Å². The molecule has 1 aromatic heterocycles. The van der Waals surface area contributed by atoms with E-state index >= 15 is 0 Å². The van der Waals surface area contributed by atoms with Gasteiger partial charge in [-0.25, -0.2) is 4.98 Å². The highest BCUT2D eigenvalue weighted by Gasteiger charge is 2.52. The summed E-state index contributed by atoms with van der Waals surface area (Å²) in [6, 6.07) is 51.9. The molecular weight excluding hydrogens is 702 g/mol.